The molecule has 0 heterocycles. The fourth-order valence-electron chi connectivity index (χ4n) is 5.85. The lowest BCUT2D eigenvalue weighted by atomic mass is 9.44. The number of hydrogen-bond donors (Lipinski definition) is 0. The summed E-state index contributed by atoms with van der Waals surface area (Å²) in [4.78, 5) is 15.6. The summed E-state index contributed by atoms with van der Waals surface area (Å²) in [6.07, 6.45) is 8.69. The van der Waals surface area contributed by atoms with Crippen molar-refractivity contribution in [3.05, 3.63) is 0 Å². The van der Waals surface area contributed by atoms with E-state index >= 15 is 0 Å². The number of rotatable bonds is 4. The molecule has 0 radical (unpaired) electrons. The molecule has 20 heavy (non-hydrogen) atoms. The summed E-state index contributed by atoms with van der Waals surface area (Å²) in [5, 5.41) is 0. The first-order valence-corrected chi connectivity index (χ1v) is 9.13. The van der Waals surface area contributed by atoms with Crippen LogP contribution in [0.15, 0.2) is 0 Å². The van der Waals surface area contributed by atoms with Gasteiger partial charge in [-0.25, -0.2) is 0 Å². The highest BCUT2D eigenvalue weighted by molar-refractivity contribution is 9.09. The van der Waals surface area contributed by atoms with Gasteiger partial charge in [-0.05, 0) is 62.2 Å². The van der Waals surface area contributed by atoms with Crippen LogP contribution in [0.5, 0.6) is 0 Å². The second-order valence-electron chi connectivity index (χ2n) is 8.35. The minimum Gasteiger partial charge on any atom is -0.345 e. The largest absolute Gasteiger partial charge is 0.345 e. The monoisotopic (exact) mass is 341 g/mol. The molecule has 0 aromatic heterocycles. The van der Waals surface area contributed by atoms with Crippen molar-refractivity contribution in [3.8, 4) is 0 Å². The predicted octanol–water partition coefficient (Wildman–Crippen LogP) is 4.22. The predicted molar refractivity (Wildman–Crippen MR) is 85.9 cm³/mol. The first-order chi connectivity index (χ1) is 9.32. The Balaban J connectivity index is 1.74. The van der Waals surface area contributed by atoms with Crippen molar-refractivity contribution in [2.24, 2.45) is 22.7 Å². The third-order valence-electron chi connectivity index (χ3n) is 6.02. The van der Waals surface area contributed by atoms with Crippen LogP contribution in [0.4, 0.5) is 0 Å². The zero-order valence-corrected chi connectivity index (χ0v) is 14.7. The molecule has 2 nitrogen and oxygen atoms in total. The minimum absolute atomic E-state index is 0.00311. The zero-order chi connectivity index (χ0) is 14.5. The Morgan fingerprint density at radius 3 is 2.40 bits per heavy atom. The van der Waals surface area contributed by atoms with Crippen LogP contribution in [0.2, 0.25) is 0 Å². The fraction of sp³-hybridized carbons (Fsp3) is 0.941. The van der Waals surface area contributed by atoms with Crippen molar-refractivity contribution < 1.29 is 4.79 Å². The van der Waals surface area contributed by atoms with Gasteiger partial charge in [0.25, 0.3) is 0 Å². The van der Waals surface area contributed by atoms with Crippen molar-refractivity contribution in [2.45, 2.75) is 63.6 Å². The van der Waals surface area contributed by atoms with Gasteiger partial charge in [0.2, 0.25) is 5.91 Å². The summed E-state index contributed by atoms with van der Waals surface area (Å²) in [6, 6.07) is 0. The van der Waals surface area contributed by atoms with Crippen LogP contribution < -0.4 is 0 Å². The molecule has 1 amide bonds. The lowest BCUT2D eigenvalue weighted by Gasteiger charge is -2.61. The third kappa shape index (κ3) is 2.55. The molecule has 4 aliphatic rings. The van der Waals surface area contributed by atoms with Crippen molar-refractivity contribution in [3.63, 3.8) is 0 Å². The molecule has 3 heteroatoms. The number of amides is 1. The molecule has 4 aliphatic carbocycles. The normalized spacial score (nSPS) is 43.6. The van der Waals surface area contributed by atoms with Crippen molar-refractivity contribution in [2.75, 3.05) is 13.6 Å². The summed E-state index contributed by atoms with van der Waals surface area (Å²) in [5.74, 6) is 2.10. The van der Waals surface area contributed by atoms with Gasteiger partial charge in [0.15, 0.2) is 0 Å². The minimum atomic E-state index is 0.00311. The average Bonchev–Trinajstić information content (AvgIpc) is 2.31. The molecule has 0 spiro atoms. The molecular formula is C17H28BrNO. The van der Waals surface area contributed by atoms with E-state index in [2.05, 4.69) is 29.8 Å². The molecule has 0 N–H and O–H groups in total. The number of hydrogen-bond acceptors (Lipinski definition) is 1. The Hall–Kier alpha value is -0.0500. The Kier molecular flexibility index (Phi) is 3.72. The molecule has 4 saturated carbocycles. The molecule has 0 aliphatic heterocycles. The summed E-state index contributed by atoms with van der Waals surface area (Å²) in [6.45, 7) is 5.48. The molecule has 4 fully saturated rings. The first kappa shape index (κ1) is 14.9. The first-order valence-electron chi connectivity index (χ1n) is 8.22. The lowest BCUT2D eigenvalue weighted by molar-refractivity contribution is -0.164. The van der Waals surface area contributed by atoms with Gasteiger partial charge in [-0.3, -0.25) is 4.79 Å². The molecule has 0 saturated heterocycles. The highest BCUT2D eigenvalue weighted by Crippen LogP contribution is 2.65. The van der Waals surface area contributed by atoms with Gasteiger partial charge in [-0.1, -0.05) is 29.8 Å². The molecule has 3 unspecified atom stereocenters. The standard InChI is InChI=1S/C17H28BrNO/c1-12(18)4-5-19(3)15(20)17-9-13-6-14(10-17)8-16(2,7-13)11-17/h12-14H,4-11H2,1-3H3. The summed E-state index contributed by atoms with van der Waals surface area (Å²) >= 11 is 3.59. The van der Waals surface area contributed by atoms with E-state index < -0.39 is 0 Å². The van der Waals surface area contributed by atoms with Crippen molar-refractivity contribution in [1.29, 1.82) is 0 Å². The van der Waals surface area contributed by atoms with E-state index in [0.717, 1.165) is 31.2 Å². The fourth-order valence-corrected chi connectivity index (χ4v) is 6.05. The number of halogens is 1. The van der Waals surface area contributed by atoms with E-state index in [9.17, 15) is 4.79 Å². The number of carbonyl (C=O) groups is 1. The van der Waals surface area contributed by atoms with Crippen LogP contribution in [-0.4, -0.2) is 29.2 Å². The second-order valence-corrected chi connectivity index (χ2v) is 9.91. The van der Waals surface area contributed by atoms with Gasteiger partial charge < -0.3 is 4.90 Å². The summed E-state index contributed by atoms with van der Waals surface area (Å²) in [5.41, 5.74) is 0.465. The molecule has 4 bridgehead atoms. The molecule has 114 valence electrons. The lowest BCUT2D eigenvalue weighted by Crippen LogP contribution is -2.57. The number of carbonyl (C=O) groups excluding carboxylic acids is 1. The van der Waals surface area contributed by atoms with Crippen LogP contribution >= 0.6 is 15.9 Å². The maximum Gasteiger partial charge on any atom is 0.228 e. The molecule has 3 atom stereocenters. The van der Waals surface area contributed by atoms with E-state index in [0.29, 0.717) is 16.1 Å². The second kappa shape index (κ2) is 5.00. The van der Waals surface area contributed by atoms with Crippen molar-refractivity contribution >= 4 is 21.8 Å². The average molecular weight is 342 g/mol. The topological polar surface area (TPSA) is 20.3 Å². The maximum absolute atomic E-state index is 13.1. The van der Waals surface area contributed by atoms with Gasteiger partial charge in [-0.15, -0.1) is 0 Å². The third-order valence-corrected chi connectivity index (χ3v) is 6.47. The molecule has 4 rings (SSSR count). The van der Waals surface area contributed by atoms with Crippen molar-refractivity contribution in [1.82, 2.24) is 4.90 Å². The van der Waals surface area contributed by atoms with E-state index in [4.69, 9.17) is 0 Å². The van der Waals surface area contributed by atoms with Crippen LogP contribution in [-0.2, 0) is 4.79 Å². The van der Waals surface area contributed by atoms with Gasteiger partial charge in [0, 0.05) is 18.4 Å². The Morgan fingerprint density at radius 2 is 1.90 bits per heavy atom. The molecule has 0 aromatic carbocycles. The smallest absolute Gasteiger partial charge is 0.228 e. The van der Waals surface area contributed by atoms with Gasteiger partial charge in [-0.2, -0.15) is 0 Å². The number of nitrogens with zero attached hydrogens (tertiary/aromatic N) is 1. The molecular weight excluding hydrogens is 314 g/mol. The SMILES string of the molecule is CC(Br)CCN(C)C(=O)C12CC3CC(CC(C)(C3)C1)C2. The Labute approximate surface area is 131 Å². The van der Waals surface area contributed by atoms with Crippen LogP contribution in [0.3, 0.4) is 0 Å². The van der Waals surface area contributed by atoms with Gasteiger partial charge in [0.1, 0.15) is 0 Å². The Morgan fingerprint density at radius 1 is 1.30 bits per heavy atom. The quantitative estimate of drug-likeness (QED) is 0.701. The highest BCUT2D eigenvalue weighted by atomic mass is 79.9. The van der Waals surface area contributed by atoms with Gasteiger partial charge in [0.05, 0.1) is 5.41 Å². The number of alkyl halides is 1. The summed E-state index contributed by atoms with van der Waals surface area (Å²) in [7, 11) is 2.01. The van der Waals surface area contributed by atoms with E-state index in [1.165, 1.54) is 32.1 Å². The zero-order valence-electron chi connectivity index (χ0n) is 13.1. The van der Waals surface area contributed by atoms with Crippen LogP contribution in [0, 0.1) is 22.7 Å². The Bertz CT molecular complexity index is 392. The van der Waals surface area contributed by atoms with E-state index in [1.807, 2.05) is 11.9 Å². The van der Waals surface area contributed by atoms with Gasteiger partial charge >= 0.3 is 0 Å². The van der Waals surface area contributed by atoms with Crippen LogP contribution in [0.1, 0.15) is 58.8 Å². The van der Waals surface area contributed by atoms with Crippen LogP contribution in [0.25, 0.3) is 0 Å². The maximum atomic E-state index is 13.1. The van der Waals surface area contributed by atoms with E-state index in [-0.39, 0.29) is 5.41 Å². The molecule has 0 aromatic rings. The van der Waals surface area contributed by atoms with E-state index in [1.54, 1.807) is 0 Å². The summed E-state index contributed by atoms with van der Waals surface area (Å²) < 4.78 is 0. The highest BCUT2D eigenvalue weighted by Gasteiger charge is 2.59.